The third kappa shape index (κ3) is 4.65. The standard InChI is InChI=1S/C18H22F3N3O/c19-18(20,21)17-9-16(2-1-14(17)10-22)23-15-3-6-24(7-4-15)11-13-5-8-25-12-13/h1-2,9,13,15,23H,3-8,11-12H2. The first-order valence-electron chi connectivity index (χ1n) is 8.63. The molecule has 25 heavy (non-hydrogen) atoms. The number of nitrogens with zero attached hydrogens (tertiary/aromatic N) is 2. The van der Waals surface area contributed by atoms with E-state index in [-0.39, 0.29) is 11.6 Å². The number of nitrogens with one attached hydrogen (secondary N) is 1. The van der Waals surface area contributed by atoms with Crippen LogP contribution in [0.3, 0.4) is 0 Å². The van der Waals surface area contributed by atoms with E-state index in [1.54, 1.807) is 12.1 Å². The number of piperidine rings is 1. The fraction of sp³-hybridized carbons (Fsp3) is 0.611. The molecule has 7 heteroatoms. The second kappa shape index (κ2) is 7.63. The summed E-state index contributed by atoms with van der Waals surface area (Å²) in [5.41, 5.74) is -0.792. The van der Waals surface area contributed by atoms with Gasteiger partial charge in [-0.05, 0) is 43.4 Å². The van der Waals surface area contributed by atoms with Crippen molar-refractivity contribution in [3.63, 3.8) is 0 Å². The maximum Gasteiger partial charge on any atom is 0.417 e. The lowest BCUT2D eigenvalue weighted by molar-refractivity contribution is -0.137. The van der Waals surface area contributed by atoms with Crippen LogP contribution in [-0.4, -0.2) is 43.8 Å². The van der Waals surface area contributed by atoms with Crippen LogP contribution in [0, 0.1) is 17.2 Å². The summed E-state index contributed by atoms with van der Waals surface area (Å²) in [6.45, 7) is 4.61. The predicted octanol–water partition coefficient (Wildman–Crippen LogP) is 3.49. The average Bonchev–Trinajstić information content (AvgIpc) is 3.09. The van der Waals surface area contributed by atoms with Crippen molar-refractivity contribution < 1.29 is 17.9 Å². The van der Waals surface area contributed by atoms with Gasteiger partial charge in [-0.1, -0.05) is 0 Å². The minimum atomic E-state index is -4.52. The van der Waals surface area contributed by atoms with Crippen LogP contribution < -0.4 is 5.32 Å². The fourth-order valence-electron chi connectivity index (χ4n) is 3.55. The molecule has 0 radical (unpaired) electrons. The zero-order valence-electron chi connectivity index (χ0n) is 14.0. The lowest BCUT2D eigenvalue weighted by Gasteiger charge is -2.34. The first-order valence-corrected chi connectivity index (χ1v) is 8.63. The molecule has 136 valence electrons. The summed E-state index contributed by atoms with van der Waals surface area (Å²) in [4.78, 5) is 2.41. The zero-order chi connectivity index (χ0) is 17.9. The van der Waals surface area contributed by atoms with Gasteiger partial charge < -0.3 is 15.0 Å². The van der Waals surface area contributed by atoms with Gasteiger partial charge in [-0.2, -0.15) is 18.4 Å². The molecule has 1 aromatic rings. The molecule has 1 unspecified atom stereocenters. The van der Waals surface area contributed by atoms with Crippen molar-refractivity contribution in [2.24, 2.45) is 5.92 Å². The van der Waals surface area contributed by atoms with Crippen LogP contribution in [0.5, 0.6) is 0 Å². The van der Waals surface area contributed by atoms with Crippen LogP contribution >= 0.6 is 0 Å². The summed E-state index contributed by atoms with van der Waals surface area (Å²) in [5.74, 6) is 0.609. The fourth-order valence-corrected chi connectivity index (χ4v) is 3.55. The van der Waals surface area contributed by atoms with E-state index >= 15 is 0 Å². The Morgan fingerprint density at radius 1 is 1.24 bits per heavy atom. The summed E-state index contributed by atoms with van der Waals surface area (Å²) in [7, 11) is 0. The van der Waals surface area contributed by atoms with Crippen molar-refractivity contribution in [3.8, 4) is 6.07 Å². The van der Waals surface area contributed by atoms with Crippen molar-refractivity contribution in [1.29, 1.82) is 5.26 Å². The molecule has 0 saturated carbocycles. The van der Waals surface area contributed by atoms with Crippen molar-refractivity contribution in [1.82, 2.24) is 4.90 Å². The maximum atomic E-state index is 13.0. The molecular weight excluding hydrogens is 331 g/mol. The summed E-state index contributed by atoms with van der Waals surface area (Å²) in [5, 5.41) is 12.1. The number of nitriles is 1. The number of hydrogen-bond donors (Lipinski definition) is 1. The molecule has 2 heterocycles. The Morgan fingerprint density at radius 2 is 2.00 bits per heavy atom. The van der Waals surface area contributed by atoms with Crippen molar-refractivity contribution in [2.75, 3.05) is 38.2 Å². The van der Waals surface area contributed by atoms with Gasteiger partial charge in [0, 0.05) is 38.0 Å². The van der Waals surface area contributed by atoms with E-state index < -0.39 is 11.7 Å². The summed E-state index contributed by atoms with van der Waals surface area (Å²) < 4.78 is 44.5. The van der Waals surface area contributed by atoms with Gasteiger partial charge in [0.1, 0.15) is 0 Å². The van der Waals surface area contributed by atoms with Crippen LogP contribution in [-0.2, 0) is 10.9 Å². The number of anilines is 1. The van der Waals surface area contributed by atoms with Gasteiger partial charge in [-0.15, -0.1) is 0 Å². The molecule has 2 fully saturated rings. The molecule has 2 aliphatic rings. The third-order valence-corrected chi connectivity index (χ3v) is 4.94. The Balaban J connectivity index is 1.56. The number of rotatable bonds is 4. The quantitative estimate of drug-likeness (QED) is 0.900. The van der Waals surface area contributed by atoms with Crippen molar-refractivity contribution in [3.05, 3.63) is 29.3 Å². The first kappa shape index (κ1) is 18.0. The Labute approximate surface area is 145 Å². The molecule has 1 atom stereocenters. The molecular formula is C18H22F3N3O. The van der Waals surface area contributed by atoms with Crippen LogP contribution in [0.1, 0.15) is 30.4 Å². The monoisotopic (exact) mass is 353 g/mol. The molecule has 3 rings (SSSR count). The lowest BCUT2D eigenvalue weighted by Crippen LogP contribution is -2.41. The highest BCUT2D eigenvalue weighted by Crippen LogP contribution is 2.34. The lowest BCUT2D eigenvalue weighted by atomic mass is 10.0. The van der Waals surface area contributed by atoms with Gasteiger partial charge in [0.15, 0.2) is 0 Å². The van der Waals surface area contributed by atoms with Crippen LogP contribution in [0.25, 0.3) is 0 Å². The molecule has 4 nitrogen and oxygen atoms in total. The highest BCUT2D eigenvalue weighted by molar-refractivity contribution is 5.53. The molecule has 1 N–H and O–H groups in total. The van der Waals surface area contributed by atoms with E-state index in [1.165, 1.54) is 6.07 Å². The van der Waals surface area contributed by atoms with E-state index in [1.807, 2.05) is 0 Å². The smallest absolute Gasteiger partial charge is 0.382 e. The topological polar surface area (TPSA) is 48.3 Å². The molecule has 0 bridgehead atoms. The largest absolute Gasteiger partial charge is 0.417 e. The molecule has 2 saturated heterocycles. The molecule has 0 aromatic heterocycles. The maximum absolute atomic E-state index is 13.0. The molecule has 1 aromatic carbocycles. The minimum Gasteiger partial charge on any atom is -0.382 e. The van der Waals surface area contributed by atoms with E-state index in [9.17, 15) is 13.2 Å². The Hall–Kier alpha value is -1.78. The summed E-state index contributed by atoms with van der Waals surface area (Å²) >= 11 is 0. The SMILES string of the molecule is N#Cc1ccc(NC2CCN(CC3CCOC3)CC2)cc1C(F)(F)F. The number of alkyl halides is 3. The Morgan fingerprint density at radius 3 is 2.60 bits per heavy atom. The van der Waals surface area contributed by atoms with Gasteiger partial charge in [0.25, 0.3) is 0 Å². The normalized spacial score (nSPS) is 22.7. The number of halogens is 3. The summed E-state index contributed by atoms with van der Waals surface area (Å²) in [6, 6.07) is 5.60. The average molecular weight is 353 g/mol. The molecule has 0 spiro atoms. The Kier molecular flexibility index (Phi) is 5.50. The van der Waals surface area contributed by atoms with Gasteiger partial charge in [0.2, 0.25) is 0 Å². The van der Waals surface area contributed by atoms with Crippen LogP contribution in [0.4, 0.5) is 18.9 Å². The number of ether oxygens (including phenoxy) is 1. The van der Waals surface area contributed by atoms with Crippen LogP contribution in [0.2, 0.25) is 0 Å². The molecule has 0 aliphatic carbocycles. The van der Waals surface area contributed by atoms with E-state index in [0.29, 0.717) is 11.6 Å². The van der Waals surface area contributed by atoms with E-state index in [4.69, 9.17) is 10.00 Å². The van der Waals surface area contributed by atoms with E-state index in [2.05, 4.69) is 10.2 Å². The Bertz CT molecular complexity index is 627. The zero-order valence-corrected chi connectivity index (χ0v) is 14.0. The minimum absolute atomic E-state index is 0.157. The molecule has 0 amide bonds. The number of likely N-dealkylation sites (tertiary alicyclic amines) is 1. The predicted molar refractivity (Wildman–Crippen MR) is 88.2 cm³/mol. The van der Waals surface area contributed by atoms with Gasteiger partial charge in [-0.25, -0.2) is 0 Å². The van der Waals surface area contributed by atoms with Crippen molar-refractivity contribution in [2.45, 2.75) is 31.5 Å². The van der Waals surface area contributed by atoms with Crippen molar-refractivity contribution >= 4 is 5.69 Å². The van der Waals surface area contributed by atoms with Gasteiger partial charge >= 0.3 is 6.18 Å². The number of hydrogen-bond acceptors (Lipinski definition) is 4. The van der Waals surface area contributed by atoms with Crippen LogP contribution in [0.15, 0.2) is 18.2 Å². The highest BCUT2D eigenvalue weighted by atomic mass is 19.4. The third-order valence-electron chi connectivity index (χ3n) is 4.94. The van der Waals surface area contributed by atoms with Gasteiger partial charge in [-0.3, -0.25) is 0 Å². The summed E-state index contributed by atoms with van der Waals surface area (Å²) in [6.07, 6.45) is -1.61. The molecule has 2 aliphatic heterocycles. The second-order valence-electron chi connectivity index (χ2n) is 6.82. The number of benzene rings is 1. The second-order valence-corrected chi connectivity index (χ2v) is 6.82. The van der Waals surface area contributed by atoms with Gasteiger partial charge in [0.05, 0.1) is 23.8 Å². The van der Waals surface area contributed by atoms with E-state index in [0.717, 1.165) is 58.2 Å². The highest BCUT2D eigenvalue weighted by Gasteiger charge is 2.34. The first-order chi connectivity index (χ1) is 12.0.